The number of amides is 1. The van der Waals surface area contributed by atoms with Crippen molar-refractivity contribution in [3.05, 3.63) is 47.7 Å². The number of anilines is 1. The van der Waals surface area contributed by atoms with Crippen LogP contribution in [0.2, 0.25) is 0 Å². The third-order valence-electron chi connectivity index (χ3n) is 3.73. The molecule has 1 aromatic carbocycles. The van der Waals surface area contributed by atoms with Crippen molar-refractivity contribution in [1.82, 2.24) is 9.78 Å². The lowest BCUT2D eigenvalue weighted by molar-refractivity contribution is -0.120. The maximum atomic E-state index is 12.6. The first-order valence-electron chi connectivity index (χ1n) is 7.78. The Labute approximate surface area is 150 Å². The highest BCUT2D eigenvalue weighted by Crippen LogP contribution is 2.23. The Bertz CT molecular complexity index is 687. The lowest BCUT2D eigenvalue weighted by atomic mass is 9.90. The highest BCUT2D eigenvalue weighted by molar-refractivity contribution is 5.97. The fourth-order valence-corrected chi connectivity index (χ4v) is 2.43. The number of aromatic nitrogens is 2. The molecular formula is C18H27ClN4O. The van der Waals surface area contributed by atoms with Gasteiger partial charge in [0.15, 0.2) is 0 Å². The molecule has 0 saturated heterocycles. The largest absolute Gasteiger partial charge is 0.314 e. The van der Waals surface area contributed by atoms with Gasteiger partial charge >= 0.3 is 0 Å². The summed E-state index contributed by atoms with van der Waals surface area (Å²) in [7, 11) is 1.82. The zero-order valence-corrected chi connectivity index (χ0v) is 15.8. The smallest absolute Gasteiger partial charge is 0.249 e. The molecule has 0 aliphatic carbocycles. The molecular weight excluding hydrogens is 324 g/mol. The predicted molar refractivity (Wildman–Crippen MR) is 100 cm³/mol. The summed E-state index contributed by atoms with van der Waals surface area (Å²) < 4.78 is 1.68. The molecule has 3 N–H and O–H groups in total. The Morgan fingerprint density at radius 1 is 1.21 bits per heavy atom. The summed E-state index contributed by atoms with van der Waals surface area (Å²) >= 11 is 0. The van der Waals surface area contributed by atoms with Gasteiger partial charge in [-0.1, -0.05) is 51.1 Å². The summed E-state index contributed by atoms with van der Waals surface area (Å²) in [5, 5.41) is 7.36. The third-order valence-corrected chi connectivity index (χ3v) is 3.73. The van der Waals surface area contributed by atoms with Gasteiger partial charge in [0.25, 0.3) is 0 Å². The van der Waals surface area contributed by atoms with Crippen molar-refractivity contribution in [3.63, 3.8) is 0 Å². The Hall–Kier alpha value is -1.85. The van der Waals surface area contributed by atoms with Crippen LogP contribution in [-0.4, -0.2) is 15.7 Å². The van der Waals surface area contributed by atoms with Crippen LogP contribution in [0.1, 0.15) is 39.0 Å². The van der Waals surface area contributed by atoms with Crippen LogP contribution < -0.4 is 11.1 Å². The molecule has 0 bridgehead atoms. The van der Waals surface area contributed by atoms with Crippen molar-refractivity contribution in [2.45, 2.75) is 39.7 Å². The normalized spacial score (nSPS) is 13.8. The van der Waals surface area contributed by atoms with Gasteiger partial charge < -0.3 is 11.1 Å². The highest BCUT2D eigenvalue weighted by Gasteiger charge is 2.31. The summed E-state index contributed by atoms with van der Waals surface area (Å²) in [6.45, 7) is 8.19. The highest BCUT2D eigenvalue weighted by atomic mass is 35.5. The lowest BCUT2D eigenvalue weighted by Gasteiger charge is -2.23. The molecule has 2 rings (SSSR count). The maximum absolute atomic E-state index is 12.6. The van der Waals surface area contributed by atoms with Crippen LogP contribution in [-0.2, 0) is 23.8 Å². The van der Waals surface area contributed by atoms with E-state index < -0.39 is 5.54 Å². The molecule has 24 heavy (non-hydrogen) atoms. The van der Waals surface area contributed by atoms with Crippen LogP contribution >= 0.6 is 12.4 Å². The number of nitrogens with two attached hydrogens (primary N) is 1. The number of rotatable bonds is 4. The standard InChI is InChI=1S/C18H26N4O.ClH/c1-17(2,3)12-14-11-15(22(5)21-14)20-16(23)18(4,19)13-9-7-6-8-10-13;/h6-11H,12,19H2,1-5H3,(H,20,23);1H. The number of carbonyl (C=O) groups excluding carboxylic acids is 1. The Morgan fingerprint density at radius 3 is 2.33 bits per heavy atom. The average Bonchev–Trinajstić information content (AvgIpc) is 2.77. The van der Waals surface area contributed by atoms with E-state index in [0.29, 0.717) is 5.82 Å². The summed E-state index contributed by atoms with van der Waals surface area (Å²) in [5.74, 6) is 0.399. The van der Waals surface area contributed by atoms with Crippen molar-refractivity contribution in [1.29, 1.82) is 0 Å². The van der Waals surface area contributed by atoms with Gasteiger partial charge in [0, 0.05) is 13.1 Å². The summed E-state index contributed by atoms with van der Waals surface area (Å²) in [6, 6.07) is 11.3. The van der Waals surface area contributed by atoms with Gasteiger partial charge in [-0.25, -0.2) is 0 Å². The van der Waals surface area contributed by atoms with Crippen LogP contribution in [0, 0.1) is 5.41 Å². The molecule has 1 heterocycles. The van der Waals surface area contributed by atoms with Crippen molar-refractivity contribution < 1.29 is 4.79 Å². The SMILES string of the molecule is Cl.Cn1nc(CC(C)(C)C)cc1NC(=O)C(C)(N)c1ccccc1. The zero-order valence-electron chi connectivity index (χ0n) is 15.0. The molecule has 0 spiro atoms. The van der Waals surface area contributed by atoms with E-state index in [2.05, 4.69) is 31.2 Å². The Kier molecular flexibility index (Phi) is 6.20. The molecule has 0 fully saturated rings. The molecule has 132 valence electrons. The van der Waals surface area contributed by atoms with Gasteiger partial charge in [-0.05, 0) is 24.3 Å². The number of hydrogen-bond acceptors (Lipinski definition) is 3. The first-order chi connectivity index (χ1) is 10.6. The fraction of sp³-hybridized carbons (Fsp3) is 0.444. The first-order valence-corrected chi connectivity index (χ1v) is 7.78. The molecule has 0 aliphatic heterocycles. The summed E-state index contributed by atoms with van der Waals surface area (Å²) in [6.07, 6.45) is 0.843. The zero-order chi connectivity index (χ0) is 17.3. The molecule has 1 atom stereocenters. The van der Waals surface area contributed by atoms with Crippen LogP contribution in [0.25, 0.3) is 0 Å². The monoisotopic (exact) mass is 350 g/mol. The second-order valence-electron chi connectivity index (χ2n) is 7.40. The van der Waals surface area contributed by atoms with Crippen LogP contribution in [0.3, 0.4) is 0 Å². The first kappa shape index (κ1) is 20.2. The number of halogens is 1. The fourth-order valence-electron chi connectivity index (χ4n) is 2.43. The Balaban J connectivity index is 0.00000288. The molecule has 2 aromatic rings. The molecule has 0 aliphatic rings. The molecule has 1 unspecified atom stereocenters. The average molecular weight is 351 g/mol. The minimum Gasteiger partial charge on any atom is -0.314 e. The van der Waals surface area contributed by atoms with Gasteiger partial charge in [0.2, 0.25) is 5.91 Å². The van der Waals surface area contributed by atoms with Crippen molar-refractivity contribution in [2.24, 2.45) is 18.2 Å². The quantitative estimate of drug-likeness (QED) is 0.889. The van der Waals surface area contributed by atoms with Crippen LogP contribution in [0.4, 0.5) is 5.82 Å². The van der Waals surface area contributed by atoms with Crippen molar-refractivity contribution >= 4 is 24.1 Å². The minimum absolute atomic E-state index is 0. The molecule has 6 heteroatoms. The van der Waals surface area contributed by atoms with Gasteiger partial charge in [-0.15, -0.1) is 12.4 Å². The summed E-state index contributed by atoms with van der Waals surface area (Å²) in [5.41, 5.74) is 7.01. The number of nitrogens with one attached hydrogen (secondary N) is 1. The third kappa shape index (κ3) is 4.82. The van der Waals surface area contributed by atoms with Crippen molar-refractivity contribution in [2.75, 3.05) is 5.32 Å². The van der Waals surface area contributed by atoms with E-state index in [0.717, 1.165) is 17.7 Å². The van der Waals surface area contributed by atoms with E-state index >= 15 is 0 Å². The maximum Gasteiger partial charge on any atom is 0.249 e. The molecule has 1 aromatic heterocycles. The number of nitrogens with zero attached hydrogens (tertiary/aromatic N) is 2. The van der Waals surface area contributed by atoms with Crippen LogP contribution in [0.5, 0.6) is 0 Å². The lowest BCUT2D eigenvalue weighted by Crippen LogP contribution is -2.45. The van der Waals surface area contributed by atoms with E-state index in [1.165, 1.54) is 0 Å². The van der Waals surface area contributed by atoms with Gasteiger partial charge in [0.05, 0.1) is 5.69 Å². The van der Waals surface area contributed by atoms with E-state index in [-0.39, 0.29) is 23.7 Å². The Morgan fingerprint density at radius 2 is 1.79 bits per heavy atom. The molecule has 1 amide bonds. The molecule has 0 radical (unpaired) electrons. The number of benzene rings is 1. The predicted octanol–water partition coefficient (Wildman–Crippen LogP) is 3.24. The second-order valence-corrected chi connectivity index (χ2v) is 7.40. The van der Waals surface area contributed by atoms with E-state index in [9.17, 15) is 4.79 Å². The van der Waals surface area contributed by atoms with Gasteiger partial charge in [-0.2, -0.15) is 5.10 Å². The van der Waals surface area contributed by atoms with Gasteiger partial charge in [0.1, 0.15) is 11.4 Å². The number of aryl methyl sites for hydroxylation is 1. The number of hydrogen-bond donors (Lipinski definition) is 2. The summed E-state index contributed by atoms with van der Waals surface area (Å²) in [4.78, 5) is 12.6. The minimum atomic E-state index is -1.10. The van der Waals surface area contributed by atoms with E-state index in [1.807, 2.05) is 43.4 Å². The van der Waals surface area contributed by atoms with Crippen molar-refractivity contribution in [3.8, 4) is 0 Å². The van der Waals surface area contributed by atoms with E-state index in [4.69, 9.17) is 5.73 Å². The topological polar surface area (TPSA) is 72.9 Å². The number of carbonyl (C=O) groups is 1. The van der Waals surface area contributed by atoms with E-state index in [1.54, 1.807) is 11.6 Å². The molecule has 0 saturated carbocycles. The second kappa shape index (κ2) is 7.36. The van der Waals surface area contributed by atoms with Crippen LogP contribution in [0.15, 0.2) is 36.4 Å². The van der Waals surface area contributed by atoms with Gasteiger partial charge in [-0.3, -0.25) is 9.48 Å². The molecule has 5 nitrogen and oxygen atoms in total.